The van der Waals surface area contributed by atoms with Crippen LogP contribution in [0.5, 0.6) is 0 Å². The summed E-state index contributed by atoms with van der Waals surface area (Å²) in [4.78, 5) is 24.5. The summed E-state index contributed by atoms with van der Waals surface area (Å²) in [6, 6.07) is 0. The fourth-order valence-electron chi connectivity index (χ4n) is 4.66. The Balaban J connectivity index is 2.00. The highest BCUT2D eigenvalue weighted by atomic mass is 16.6. The van der Waals surface area contributed by atoms with Crippen molar-refractivity contribution < 1.29 is 24.2 Å². The molecule has 6 atom stereocenters. The summed E-state index contributed by atoms with van der Waals surface area (Å²) in [6.45, 7) is 11.4. The number of esters is 2. The number of aliphatic hydroxyl groups excluding tert-OH is 1. The number of ether oxygens (including phenoxy) is 2. The first kappa shape index (κ1) is 17.9. The van der Waals surface area contributed by atoms with Crippen molar-refractivity contribution in [2.24, 2.45) is 17.3 Å². The second-order valence-electron chi connectivity index (χ2n) is 7.72. The Hall–Kier alpha value is -1.88. The van der Waals surface area contributed by atoms with E-state index in [1.54, 1.807) is 19.9 Å². The topological polar surface area (TPSA) is 72.8 Å². The molecule has 3 aliphatic rings. The predicted octanol–water partition coefficient (Wildman–Crippen LogP) is 2.70. The Morgan fingerprint density at radius 1 is 1.52 bits per heavy atom. The summed E-state index contributed by atoms with van der Waals surface area (Å²) in [5, 5.41) is 10.7. The van der Waals surface area contributed by atoms with Crippen LogP contribution in [-0.4, -0.2) is 35.4 Å². The van der Waals surface area contributed by atoms with Gasteiger partial charge in [0.05, 0.1) is 12.0 Å². The molecule has 0 aromatic heterocycles. The molecule has 0 radical (unpaired) electrons. The first-order chi connectivity index (χ1) is 11.7. The van der Waals surface area contributed by atoms with Gasteiger partial charge in [-0.15, -0.1) is 0 Å². The molecule has 0 aromatic rings. The number of hydrogen-bond acceptors (Lipinski definition) is 5. The van der Waals surface area contributed by atoms with Gasteiger partial charge in [-0.25, -0.2) is 9.59 Å². The van der Waals surface area contributed by atoms with Crippen molar-refractivity contribution >= 4 is 11.9 Å². The van der Waals surface area contributed by atoms with Crippen LogP contribution < -0.4 is 0 Å². The van der Waals surface area contributed by atoms with Gasteiger partial charge in [-0.1, -0.05) is 31.2 Å². The Labute approximate surface area is 148 Å². The van der Waals surface area contributed by atoms with E-state index in [4.69, 9.17) is 9.47 Å². The predicted molar refractivity (Wildman–Crippen MR) is 92.4 cm³/mol. The quantitative estimate of drug-likeness (QED) is 0.473. The molecule has 2 aliphatic carbocycles. The van der Waals surface area contributed by atoms with E-state index in [-0.39, 0.29) is 11.8 Å². The van der Waals surface area contributed by atoms with Crippen LogP contribution in [-0.2, 0) is 19.1 Å². The molecule has 1 saturated heterocycles. The first-order valence-corrected chi connectivity index (χ1v) is 8.79. The average molecular weight is 346 g/mol. The van der Waals surface area contributed by atoms with Gasteiger partial charge in [0.25, 0.3) is 0 Å². The van der Waals surface area contributed by atoms with Crippen LogP contribution in [0.25, 0.3) is 0 Å². The lowest BCUT2D eigenvalue weighted by molar-refractivity contribution is -0.172. The Bertz CT molecular complexity index is 688. The van der Waals surface area contributed by atoms with Crippen molar-refractivity contribution in [3.63, 3.8) is 0 Å². The Morgan fingerprint density at radius 3 is 2.84 bits per heavy atom. The van der Waals surface area contributed by atoms with Gasteiger partial charge in [0.2, 0.25) is 0 Å². The molecule has 0 amide bonds. The molecule has 5 nitrogen and oxygen atoms in total. The van der Waals surface area contributed by atoms with Crippen LogP contribution in [0, 0.1) is 17.3 Å². The standard InChI is InChI=1S/C20H26O5/c1-6-10(2)18(22)24-13-9-20(5)14(21)8-7-11(3)16(20)17-15(13)12(4)19(23)25-17/h6-7,13-17,21H,4,8-9H2,1-3,5H3. The molecular weight excluding hydrogens is 320 g/mol. The molecule has 3 rings (SSSR count). The van der Waals surface area contributed by atoms with Crippen LogP contribution in [0.4, 0.5) is 0 Å². The van der Waals surface area contributed by atoms with Crippen molar-refractivity contribution in [2.45, 2.75) is 58.8 Å². The van der Waals surface area contributed by atoms with Crippen molar-refractivity contribution in [3.8, 4) is 0 Å². The molecule has 1 saturated carbocycles. The summed E-state index contributed by atoms with van der Waals surface area (Å²) in [5.74, 6) is -1.30. The molecule has 0 aromatic carbocycles. The third-order valence-electron chi connectivity index (χ3n) is 6.27. The summed E-state index contributed by atoms with van der Waals surface area (Å²) >= 11 is 0. The summed E-state index contributed by atoms with van der Waals surface area (Å²) in [7, 11) is 0. The number of allylic oxidation sites excluding steroid dienone is 1. The molecule has 0 bridgehead atoms. The van der Waals surface area contributed by atoms with E-state index in [2.05, 4.69) is 6.58 Å². The van der Waals surface area contributed by atoms with Crippen LogP contribution in [0.1, 0.15) is 40.5 Å². The zero-order valence-corrected chi connectivity index (χ0v) is 15.2. The summed E-state index contributed by atoms with van der Waals surface area (Å²) in [6.07, 6.45) is 3.18. The summed E-state index contributed by atoms with van der Waals surface area (Å²) < 4.78 is 11.4. The SMILES string of the molecule is C=C1C(=O)OC2C1C(OC(=O)C(C)=CC)CC1(C)C(O)CC=C(C)C21. The van der Waals surface area contributed by atoms with E-state index >= 15 is 0 Å². The third kappa shape index (κ3) is 2.65. The van der Waals surface area contributed by atoms with E-state index in [1.807, 2.05) is 19.9 Å². The fraction of sp³-hybridized carbons (Fsp3) is 0.600. The molecule has 136 valence electrons. The minimum absolute atomic E-state index is 0.0952. The largest absolute Gasteiger partial charge is 0.458 e. The van der Waals surface area contributed by atoms with E-state index in [9.17, 15) is 14.7 Å². The minimum Gasteiger partial charge on any atom is -0.458 e. The molecule has 1 N–H and O–H groups in total. The smallest absolute Gasteiger partial charge is 0.334 e. The lowest BCUT2D eigenvalue weighted by Gasteiger charge is -2.53. The molecular formula is C20H26O5. The van der Waals surface area contributed by atoms with Crippen LogP contribution >= 0.6 is 0 Å². The number of carbonyl (C=O) groups is 2. The molecule has 6 unspecified atom stereocenters. The highest BCUT2D eigenvalue weighted by molar-refractivity contribution is 5.92. The van der Waals surface area contributed by atoms with Crippen LogP contribution in [0.2, 0.25) is 0 Å². The van der Waals surface area contributed by atoms with Gasteiger partial charge in [-0.2, -0.15) is 0 Å². The van der Waals surface area contributed by atoms with E-state index in [0.717, 1.165) is 5.57 Å². The second-order valence-corrected chi connectivity index (χ2v) is 7.72. The van der Waals surface area contributed by atoms with Gasteiger partial charge in [0, 0.05) is 22.5 Å². The van der Waals surface area contributed by atoms with Gasteiger partial charge in [0.1, 0.15) is 12.2 Å². The number of carbonyl (C=O) groups excluding carboxylic acids is 2. The van der Waals surface area contributed by atoms with E-state index < -0.39 is 35.7 Å². The zero-order chi connectivity index (χ0) is 18.5. The van der Waals surface area contributed by atoms with Gasteiger partial charge in [0.15, 0.2) is 0 Å². The third-order valence-corrected chi connectivity index (χ3v) is 6.27. The van der Waals surface area contributed by atoms with Gasteiger partial charge in [-0.3, -0.25) is 0 Å². The lowest BCUT2D eigenvalue weighted by atomic mass is 9.54. The minimum atomic E-state index is -0.571. The van der Waals surface area contributed by atoms with Crippen molar-refractivity contribution in [3.05, 3.63) is 35.5 Å². The molecule has 25 heavy (non-hydrogen) atoms. The van der Waals surface area contributed by atoms with Gasteiger partial charge >= 0.3 is 11.9 Å². The molecule has 2 fully saturated rings. The van der Waals surface area contributed by atoms with Crippen molar-refractivity contribution in [1.29, 1.82) is 0 Å². The first-order valence-electron chi connectivity index (χ1n) is 8.79. The molecule has 0 spiro atoms. The molecule has 1 heterocycles. The Kier molecular flexibility index (Phi) is 4.40. The lowest BCUT2D eigenvalue weighted by Crippen LogP contribution is -2.57. The second kappa shape index (κ2) is 6.13. The van der Waals surface area contributed by atoms with E-state index in [1.165, 1.54) is 0 Å². The number of fused-ring (bicyclic) bond motifs is 3. The molecule has 5 heteroatoms. The van der Waals surface area contributed by atoms with Crippen LogP contribution in [0.15, 0.2) is 35.5 Å². The van der Waals surface area contributed by atoms with Gasteiger partial charge < -0.3 is 14.6 Å². The van der Waals surface area contributed by atoms with Crippen molar-refractivity contribution in [1.82, 2.24) is 0 Å². The van der Waals surface area contributed by atoms with Crippen LogP contribution in [0.3, 0.4) is 0 Å². The monoisotopic (exact) mass is 346 g/mol. The maximum atomic E-state index is 12.3. The maximum absolute atomic E-state index is 12.3. The normalized spacial score (nSPS) is 40.8. The maximum Gasteiger partial charge on any atom is 0.334 e. The average Bonchev–Trinajstić information content (AvgIpc) is 2.85. The zero-order valence-electron chi connectivity index (χ0n) is 15.2. The Morgan fingerprint density at radius 2 is 2.20 bits per heavy atom. The molecule has 1 aliphatic heterocycles. The van der Waals surface area contributed by atoms with Gasteiger partial charge in [-0.05, 0) is 33.6 Å². The highest BCUT2D eigenvalue weighted by Gasteiger charge is 2.61. The number of hydrogen-bond donors (Lipinski definition) is 1. The van der Waals surface area contributed by atoms with Crippen molar-refractivity contribution in [2.75, 3.05) is 0 Å². The number of aliphatic hydroxyl groups is 1. The highest BCUT2D eigenvalue weighted by Crippen LogP contribution is 2.56. The number of rotatable bonds is 2. The fourth-order valence-corrected chi connectivity index (χ4v) is 4.66. The van der Waals surface area contributed by atoms with E-state index in [0.29, 0.717) is 24.0 Å². The summed E-state index contributed by atoms with van der Waals surface area (Å²) in [5.41, 5.74) is 1.47.